The molecule has 1 heterocycles. The largest absolute Gasteiger partial charge is 0.413 e. The van der Waals surface area contributed by atoms with E-state index in [-0.39, 0.29) is 38.8 Å². The minimum atomic E-state index is -3.82. The van der Waals surface area contributed by atoms with E-state index in [1.807, 2.05) is 48.7 Å². The fourth-order valence-electron chi connectivity index (χ4n) is 6.16. The quantitative estimate of drug-likeness (QED) is 0.274. The number of fused-ring (bicyclic) bond motifs is 2. The zero-order valence-electron chi connectivity index (χ0n) is 22.7. The monoisotopic (exact) mass is 566 g/mol. The van der Waals surface area contributed by atoms with Gasteiger partial charge in [-0.05, 0) is 73.9 Å². The molecule has 0 aromatic heterocycles. The lowest BCUT2D eigenvalue weighted by Crippen LogP contribution is -2.59. The average Bonchev–Trinajstić information content (AvgIpc) is 3.10. The van der Waals surface area contributed by atoms with E-state index >= 15 is 0 Å². The molecule has 4 rings (SSSR count). The van der Waals surface area contributed by atoms with E-state index < -0.39 is 22.9 Å². The number of carbonyl (C=O) groups excluding carboxylic acids is 1. The lowest BCUT2D eigenvalue weighted by Gasteiger charge is -2.51. The van der Waals surface area contributed by atoms with E-state index in [9.17, 15) is 13.2 Å². The Hall–Kier alpha value is -0.543. The third-order valence-electron chi connectivity index (χ3n) is 9.16. The Bertz CT molecular complexity index is 1100. The standard InChI is InChI=1S/C28H42O4S3Si/c1-20(21(2)29)23-19-28(33-17-12-18-34-28)25-24(32-36(6,7)26(3,4)5)15-11-16-27(23,25)35(30,31)22-13-9-8-10-14-22/h8-11,13-14,16,20,23-25H,12,15,17-19H2,1-7H3/t20-,23-,24+,25-,27+/m0/s1. The van der Waals surface area contributed by atoms with Crippen LogP contribution in [0.15, 0.2) is 47.4 Å². The normalized spacial score (nSPS) is 31.2. The number of carbonyl (C=O) groups is 1. The van der Waals surface area contributed by atoms with Crippen LogP contribution in [-0.2, 0) is 19.1 Å². The predicted octanol–water partition coefficient (Wildman–Crippen LogP) is 6.98. The molecule has 36 heavy (non-hydrogen) atoms. The first-order chi connectivity index (χ1) is 16.7. The fraction of sp³-hybridized carbons (Fsp3) is 0.679. The Morgan fingerprint density at radius 3 is 2.31 bits per heavy atom. The van der Waals surface area contributed by atoms with Crippen LogP contribution >= 0.6 is 23.5 Å². The van der Waals surface area contributed by atoms with E-state index in [4.69, 9.17) is 4.43 Å². The summed E-state index contributed by atoms with van der Waals surface area (Å²) in [5.74, 6) is 1.21. The van der Waals surface area contributed by atoms with E-state index in [0.717, 1.165) is 17.9 Å². The first kappa shape index (κ1) is 28.5. The van der Waals surface area contributed by atoms with Gasteiger partial charge in [0.15, 0.2) is 18.2 Å². The van der Waals surface area contributed by atoms with Crippen molar-refractivity contribution in [1.29, 1.82) is 0 Å². The van der Waals surface area contributed by atoms with E-state index in [1.54, 1.807) is 31.2 Å². The highest BCUT2D eigenvalue weighted by Gasteiger charge is 2.72. The molecule has 1 saturated carbocycles. The van der Waals surface area contributed by atoms with Gasteiger partial charge in [0.1, 0.15) is 10.5 Å². The fourth-order valence-corrected chi connectivity index (χ4v) is 14.2. The highest BCUT2D eigenvalue weighted by atomic mass is 32.2. The van der Waals surface area contributed by atoms with Gasteiger partial charge in [-0.15, -0.1) is 23.5 Å². The summed E-state index contributed by atoms with van der Waals surface area (Å²) >= 11 is 3.86. The molecule has 5 atom stereocenters. The summed E-state index contributed by atoms with van der Waals surface area (Å²) in [5.41, 5.74) is 0. The molecule has 200 valence electrons. The number of Topliss-reactive ketones (excluding diaryl/α,β-unsaturated/α-hetero) is 1. The van der Waals surface area contributed by atoms with Crippen LogP contribution in [-0.4, -0.2) is 49.0 Å². The van der Waals surface area contributed by atoms with Gasteiger partial charge < -0.3 is 4.43 Å². The molecule has 0 unspecified atom stereocenters. The molecule has 0 bridgehead atoms. The van der Waals surface area contributed by atoms with Gasteiger partial charge in [0, 0.05) is 11.8 Å². The molecule has 1 aromatic carbocycles. The lowest BCUT2D eigenvalue weighted by atomic mass is 9.75. The van der Waals surface area contributed by atoms with Crippen molar-refractivity contribution in [3.63, 3.8) is 0 Å². The molecule has 2 aliphatic carbocycles. The van der Waals surface area contributed by atoms with Gasteiger partial charge in [-0.3, -0.25) is 4.79 Å². The molecule has 3 aliphatic rings. The van der Waals surface area contributed by atoms with Crippen molar-refractivity contribution in [2.45, 2.75) is 91.8 Å². The first-order valence-electron chi connectivity index (χ1n) is 13.1. The van der Waals surface area contributed by atoms with E-state index in [0.29, 0.717) is 17.7 Å². The van der Waals surface area contributed by atoms with Crippen LogP contribution < -0.4 is 0 Å². The maximum atomic E-state index is 14.8. The van der Waals surface area contributed by atoms with Gasteiger partial charge in [-0.1, -0.05) is 58.0 Å². The topological polar surface area (TPSA) is 60.4 Å². The minimum Gasteiger partial charge on any atom is -0.413 e. The Kier molecular flexibility index (Phi) is 7.82. The minimum absolute atomic E-state index is 0.0137. The molecule has 8 heteroatoms. The van der Waals surface area contributed by atoms with Crippen LogP contribution in [0.4, 0.5) is 0 Å². The van der Waals surface area contributed by atoms with Crippen LogP contribution in [0, 0.1) is 17.8 Å². The number of hydrogen-bond acceptors (Lipinski definition) is 6. The van der Waals surface area contributed by atoms with Crippen molar-refractivity contribution in [1.82, 2.24) is 0 Å². The molecular formula is C28H42O4S3Si. The molecule has 1 spiro atoms. The number of benzene rings is 1. The van der Waals surface area contributed by atoms with E-state index in [1.165, 1.54) is 0 Å². The maximum absolute atomic E-state index is 14.8. The molecule has 1 aromatic rings. The second kappa shape index (κ2) is 9.89. The number of rotatable bonds is 6. The van der Waals surface area contributed by atoms with Gasteiger partial charge in [0.25, 0.3) is 0 Å². The molecule has 2 fully saturated rings. The summed E-state index contributed by atoms with van der Waals surface area (Å²) in [4.78, 5) is 13.2. The highest BCUT2D eigenvalue weighted by Crippen LogP contribution is 2.69. The Balaban J connectivity index is 1.97. The number of sulfone groups is 1. The molecule has 0 radical (unpaired) electrons. The number of ketones is 1. The average molecular weight is 567 g/mol. The van der Waals surface area contributed by atoms with Gasteiger partial charge in [-0.25, -0.2) is 8.42 Å². The molecule has 1 aliphatic heterocycles. The van der Waals surface area contributed by atoms with Gasteiger partial charge in [0.2, 0.25) is 0 Å². The molecule has 1 saturated heterocycles. The first-order valence-corrected chi connectivity index (χ1v) is 19.5. The third-order valence-corrected chi connectivity index (χ3v) is 19.7. The van der Waals surface area contributed by atoms with Gasteiger partial charge >= 0.3 is 0 Å². The zero-order valence-corrected chi connectivity index (χ0v) is 26.2. The van der Waals surface area contributed by atoms with Crippen LogP contribution in [0.1, 0.15) is 53.9 Å². The van der Waals surface area contributed by atoms with Crippen LogP contribution in [0.2, 0.25) is 18.1 Å². The van der Waals surface area contributed by atoms with Crippen molar-refractivity contribution in [3.05, 3.63) is 42.5 Å². The van der Waals surface area contributed by atoms with Gasteiger partial charge in [-0.2, -0.15) is 0 Å². The SMILES string of the molecule is CC(=O)[C@H](C)[C@@H]1CC2(SCCCS2)[C@H]2[C@H](O[Si](C)(C)C(C)(C)C)CC=C[C@]21S(=O)(=O)c1ccccc1. The second-order valence-corrected chi connectivity index (χ2v) is 22.3. The Labute approximate surface area is 227 Å². The molecule has 4 nitrogen and oxygen atoms in total. The Morgan fingerprint density at radius 1 is 1.14 bits per heavy atom. The summed E-state index contributed by atoms with van der Waals surface area (Å²) in [6.45, 7) is 14.8. The molecule has 0 N–H and O–H groups in total. The summed E-state index contributed by atoms with van der Waals surface area (Å²) in [6.07, 6.45) is 6.39. The smallest absolute Gasteiger partial charge is 0.192 e. The lowest BCUT2D eigenvalue weighted by molar-refractivity contribution is -0.122. The van der Waals surface area contributed by atoms with Crippen molar-refractivity contribution in [2.24, 2.45) is 17.8 Å². The van der Waals surface area contributed by atoms with Crippen molar-refractivity contribution >= 4 is 47.5 Å². The second-order valence-electron chi connectivity index (χ2n) is 12.3. The predicted molar refractivity (Wildman–Crippen MR) is 156 cm³/mol. The van der Waals surface area contributed by atoms with Crippen LogP contribution in [0.3, 0.4) is 0 Å². The zero-order chi connectivity index (χ0) is 26.6. The summed E-state index contributed by atoms with van der Waals surface area (Å²) in [7, 11) is -6.01. The molecule has 0 amide bonds. The summed E-state index contributed by atoms with van der Waals surface area (Å²) in [5, 5.41) is 0.0137. The van der Waals surface area contributed by atoms with E-state index in [2.05, 4.69) is 33.9 Å². The third kappa shape index (κ3) is 4.50. The van der Waals surface area contributed by atoms with Crippen molar-refractivity contribution in [2.75, 3.05) is 11.5 Å². The number of thioether (sulfide) groups is 2. The summed E-state index contributed by atoms with van der Waals surface area (Å²) < 4.78 is 35.4. The van der Waals surface area contributed by atoms with Crippen LogP contribution in [0.5, 0.6) is 0 Å². The van der Waals surface area contributed by atoms with Crippen molar-refractivity contribution < 1.29 is 17.6 Å². The summed E-state index contributed by atoms with van der Waals surface area (Å²) in [6, 6.07) is 8.89. The van der Waals surface area contributed by atoms with Crippen LogP contribution in [0.25, 0.3) is 0 Å². The number of hydrogen-bond donors (Lipinski definition) is 0. The van der Waals surface area contributed by atoms with Crippen molar-refractivity contribution in [3.8, 4) is 0 Å². The highest BCUT2D eigenvalue weighted by molar-refractivity contribution is 8.18. The van der Waals surface area contributed by atoms with Gasteiger partial charge in [0.05, 0.1) is 15.1 Å². The Morgan fingerprint density at radius 2 is 1.75 bits per heavy atom. The molecular weight excluding hydrogens is 525 g/mol. The maximum Gasteiger partial charge on any atom is 0.192 e.